The van der Waals surface area contributed by atoms with Gasteiger partial charge >= 0.3 is 0 Å². The van der Waals surface area contributed by atoms with Gasteiger partial charge in [0.15, 0.2) is 16.6 Å². The van der Waals surface area contributed by atoms with Crippen LogP contribution in [0.25, 0.3) is 10.6 Å². The van der Waals surface area contributed by atoms with E-state index in [1.54, 1.807) is 36.6 Å². The fourth-order valence-corrected chi connectivity index (χ4v) is 3.59. The van der Waals surface area contributed by atoms with Crippen LogP contribution < -0.4 is 14.8 Å². The highest BCUT2D eigenvalue weighted by Crippen LogP contribution is 2.30. The molecule has 5 nitrogen and oxygen atoms in total. The van der Waals surface area contributed by atoms with Gasteiger partial charge < -0.3 is 9.47 Å². The van der Waals surface area contributed by atoms with Crippen LogP contribution in [0.4, 0.5) is 5.13 Å². The zero-order chi connectivity index (χ0) is 16.9. The summed E-state index contributed by atoms with van der Waals surface area (Å²) in [4.78, 5) is 17.9. The van der Waals surface area contributed by atoms with Gasteiger partial charge in [0, 0.05) is 10.9 Å². The third kappa shape index (κ3) is 3.58. The van der Waals surface area contributed by atoms with Gasteiger partial charge in [-0.2, -0.15) is 0 Å². The Labute approximate surface area is 147 Å². The molecule has 1 N–H and O–H groups in total. The number of rotatable bonds is 6. The number of amides is 1. The normalized spacial score (nSPS) is 10.4. The Morgan fingerprint density at radius 1 is 1.25 bits per heavy atom. The van der Waals surface area contributed by atoms with E-state index in [1.807, 2.05) is 29.8 Å². The summed E-state index contributed by atoms with van der Waals surface area (Å²) in [5, 5.41) is 7.32. The highest BCUT2D eigenvalue weighted by atomic mass is 32.1. The topological polar surface area (TPSA) is 60.5 Å². The molecule has 0 fully saturated rings. The first-order valence-corrected chi connectivity index (χ1v) is 9.08. The molecule has 0 spiro atoms. The Balaban J connectivity index is 1.75. The van der Waals surface area contributed by atoms with Crippen LogP contribution in [0.5, 0.6) is 11.5 Å². The van der Waals surface area contributed by atoms with E-state index in [-0.39, 0.29) is 5.91 Å². The number of methoxy groups -OCH3 is 1. The first kappa shape index (κ1) is 16.5. The van der Waals surface area contributed by atoms with E-state index >= 15 is 0 Å². The summed E-state index contributed by atoms with van der Waals surface area (Å²) in [7, 11) is 1.55. The van der Waals surface area contributed by atoms with E-state index in [9.17, 15) is 4.79 Å². The standard InChI is InChI=1S/C17H16N2O3S2/c1-3-22-13-7-6-11(9-14(13)21-2)16(20)19-17-18-12(10-24-17)15-5-4-8-23-15/h4-10H,3H2,1-2H3,(H,18,19,20). The van der Waals surface area contributed by atoms with Gasteiger partial charge in [-0.25, -0.2) is 4.98 Å². The number of anilines is 1. The quantitative estimate of drug-likeness (QED) is 0.701. The molecule has 1 amide bonds. The Bertz CT molecular complexity index is 828. The van der Waals surface area contributed by atoms with E-state index in [0.717, 1.165) is 10.6 Å². The lowest BCUT2D eigenvalue weighted by molar-refractivity contribution is 0.102. The van der Waals surface area contributed by atoms with Crippen LogP contribution >= 0.6 is 22.7 Å². The molecule has 0 aliphatic heterocycles. The molecule has 2 aromatic heterocycles. The molecule has 24 heavy (non-hydrogen) atoms. The van der Waals surface area contributed by atoms with Crippen molar-refractivity contribution < 1.29 is 14.3 Å². The number of nitrogens with one attached hydrogen (secondary N) is 1. The molecule has 3 aromatic rings. The number of thiazole rings is 1. The molecule has 0 aliphatic rings. The maximum absolute atomic E-state index is 12.4. The van der Waals surface area contributed by atoms with Gasteiger partial charge in [0.25, 0.3) is 5.91 Å². The maximum Gasteiger partial charge on any atom is 0.257 e. The van der Waals surface area contributed by atoms with Crippen molar-refractivity contribution in [3.63, 3.8) is 0 Å². The molecule has 0 atom stereocenters. The summed E-state index contributed by atoms with van der Waals surface area (Å²) in [5.74, 6) is 0.914. The van der Waals surface area contributed by atoms with Crippen molar-refractivity contribution in [3.05, 3.63) is 46.7 Å². The minimum atomic E-state index is -0.233. The lowest BCUT2D eigenvalue weighted by Crippen LogP contribution is -2.12. The van der Waals surface area contributed by atoms with Crippen LogP contribution in [0, 0.1) is 0 Å². The zero-order valence-electron chi connectivity index (χ0n) is 13.2. The molecule has 0 saturated heterocycles. The van der Waals surface area contributed by atoms with E-state index in [0.29, 0.717) is 28.8 Å². The second kappa shape index (κ2) is 7.46. The zero-order valence-corrected chi connectivity index (χ0v) is 14.9. The molecule has 7 heteroatoms. The highest BCUT2D eigenvalue weighted by molar-refractivity contribution is 7.16. The van der Waals surface area contributed by atoms with Crippen molar-refractivity contribution in [1.82, 2.24) is 4.98 Å². The summed E-state index contributed by atoms with van der Waals surface area (Å²) in [6.45, 7) is 2.43. The molecule has 2 heterocycles. The molecule has 0 unspecified atom stereocenters. The van der Waals surface area contributed by atoms with Crippen molar-refractivity contribution in [2.24, 2.45) is 0 Å². The monoisotopic (exact) mass is 360 g/mol. The van der Waals surface area contributed by atoms with Crippen molar-refractivity contribution in [3.8, 4) is 22.1 Å². The molecule has 0 radical (unpaired) electrons. The molecule has 0 saturated carbocycles. The number of hydrogen-bond donors (Lipinski definition) is 1. The van der Waals surface area contributed by atoms with Gasteiger partial charge in [-0.3, -0.25) is 10.1 Å². The third-order valence-corrected chi connectivity index (χ3v) is 4.87. The van der Waals surface area contributed by atoms with Crippen LogP contribution in [0.1, 0.15) is 17.3 Å². The largest absolute Gasteiger partial charge is 0.493 e. The minimum absolute atomic E-state index is 0.233. The van der Waals surface area contributed by atoms with Gasteiger partial charge in [0.05, 0.1) is 24.3 Å². The van der Waals surface area contributed by atoms with Gasteiger partial charge in [-0.15, -0.1) is 22.7 Å². The van der Waals surface area contributed by atoms with Crippen LogP contribution in [0.2, 0.25) is 0 Å². The van der Waals surface area contributed by atoms with Gasteiger partial charge in [0.2, 0.25) is 0 Å². The van der Waals surface area contributed by atoms with Gasteiger partial charge in [0.1, 0.15) is 0 Å². The number of nitrogens with zero attached hydrogens (tertiary/aromatic N) is 1. The third-order valence-electron chi connectivity index (χ3n) is 3.22. The molecular weight excluding hydrogens is 344 g/mol. The Morgan fingerprint density at radius 3 is 2.83 bits per heavy atom. The number of hydrogen-bond acceptors (Lipinski definition) is 6. The number of benzene rings is 1. The fourth-order valence-electron chi connectivity index (χ4n) is 2.12. The summed E-state index contributed by atoms with van der Waals surface area (Å²) in [6, 6.07) is 9.08. The molecule has 3 rings (SSSR count). The predicted molar refractivity (Wildman–Crippen MR) is 97.5 cm³/mol. The molecule has 124 valence electrons. The average Bonchev–Trinajstić information content (AvgIpc) is 3.26. The number of ether oxygens (including phenoxy) is 2. The average molecular weight is 360 g/mol. The Kier molecular flexibility index (Phi) is 5.12. The first-order valence-electron chi connectivity index (χ1n) is 7.33. The predicted octanol–water partition coefficient (Wildman–Crippen LogP) is 4.53. The second-order valence-corrected chi connectivity index (χ2v) is 6.57. The lowest BCUT2D eigenvalue weighted by atomic mass is 10.2. The number of carbonyl (C=O) groups is 1. The fraction of sp³-hybridized carbons (Fsp3) is 0.176. The molecular formula is C17H16N2O3S2. The van der Waals surface area contributed by atoms with E-state index in [1.165, 1.54) is 11.3 Å². The van der Waals surface area contributed by atoms with Crippen LogP contribution in [0.15, 0.2) is 41.1 Å². The molecule has 1 aromatic carbocycles. The van der Waals surface area contributed by atoms with Crippen molar-refractivity contribution in [1.29, 1.82) is 0 Å². The first-order chi connectivity index (χ1) is 11.7. The number of carbonyl (C=O) groups excluding carboxylic acids is 1. The van der Waals surface area contributed by atoms with E-state index in [4.69, 9.17) is 9.47 Å². The highest BCUT2D eigenvalue weighted by Gasteiger charge is 2.13. The lowest BCUT2D eigenvalue weighted by Gasteiger charge is -2.10. The molecule has 0 aliphatic carbocycles. The Hall–Kier alpha value is -2.38. The smallest absolute Gasteiger partial charge is 0.257 e. The Morgan fingerprint density at radius 2 is 2.12 bits per heavy atom. The van der Waals surface area contributed by atoms with Gasteiger partial charge in [-0.1, -0.05) is 6.07 Å². The van der Waals surface area contributed by atoms with Crippen LogP contribution in [0.3, 0.4) is 0 Å². The SMILES string of the molecule is CCOc1ccc(C(=O)Nc2nc(-c3cccs3)cs2)cc1OC. The molecule has 0 bridgehead atoms. The number of aromatic nitrogens is 1. The van der Waals surface area contributed by atoms with E-state index in [2.05, 4.69) is 10.3 Å². The van der Waals surface area contributed by atoms with Crippen molar-refractivity contribution >= 4 is 33.7 Å². The van der Waals surface area contributed by atoms with E-state index < -0.39 is 0 Å². The van der Waals surface area contributed by atoms with Crippen LogP contribution in [-0.4, -0.2) is 24.6 Å². The summed E-state index contributed by atoms with van der Waals surface area (Å²) in [6.07, 6.45) is 0. The van der Waals surface area contributed by atoms with Gasteiger partial charge in [-0.05, 0) is 36.6 Å². The van der Waals surface area contributed by atoms with Crippen molar-refractivity contribution in [2.45, 2.75) is 6.92 Å². The maximum atomic E-state index is 12.4. The summed E-state index contributed by atoms with van der Waals surface area (Å²) in [5.41, 5.74) is 1.36. The van der Waals surface area contributed by atoms with Crippen LogP contribution in [-0.2, 0) is 0 Å². The summed E-state index contributed by atoms with van der Waals surface area (Å²) >= 11 is 3.02. The summed E-state index contributed by atoms with van der Waals surface area (Å²) < 4.78 is 10.7. The number of thiophene rings is 1. The minimum Gasteiger partial charge on any atom is -0.493 e. The van der Waals surface area contributed by atoms with Crippen molar-refractivity contribution in [2.75, 3.05) is 19.0 Å². The second-order valence-electron chi connectivity index (χ2n) is 4.77.